The number of rotatable bonds is 5. The van der Waals surface area contributed by atoms with Crippen LogP contribution in [-0.4, -0.2) is 13.2 Å². The van der Waals surface area contributed by atoms with Gasteiger partial charge in [-0.1, -0.05) is 37.8 Å². The van der Waals surface area contributed by atoms with E-state index in [1.54, 1.807) is 0 Å². The number of fused-ring (bicyclic) bond motifs is 1. The first-order valence-electron chi connectivity index (χ1n) is 8.37. The third-order valence-electron chi connectivity index (χ3n) is 4.92. The molecule has 0 bridgehead atoms. The maximum absolute atomic E-state index is 6.20. The quantitative estimate of drug-likeness (QED) is 0.804. The SMILES string of the molecule is CC1CCCC(CCNCc2cc(Cl)cc3c2OCC3)C1. The van der Waals surface area contributed by atoms with Gasteiger partial charge in [0.05, 0.1) is 6.61 Å². The molecular weight excluding hydrogens is 282 g/mol. The molecule has 3 heteroatoms. The van der Waals surface area contributed by atoms with Crippen LogP contribution < -0.4 is 10.1 Å². The Hall–Kier alpha value is -0.730. The van der Waals surface area contributed by atoms with Crippen LogP contribution in [0.15, 0.2) is 12.1 Å². The lowest BCUT2D eigenvalue weighted by atomic mass is 9.81. The minimum atomic E-state index is 0.794. The van der Waals surface area contributed by atoms with Gasteiger partial charge in [-0.25, -0.2) is 0 Å². The summed E-state index contributed by atoms with van der Waals surface area (Å²) in [4.78, 5) is 0. The lowest BCUT2D eigenvalue weighted by molar-refractivity contribution is 0.267. The van der Waals surface area contributed by atoms with Crippen molar-refractivity contribution in [3.63, 3.8) is 0 Å². The topological polar surface area (TPSA) is 21.3 Å². The second-order valence-corrected chi connectivity index (χ2v) is 7.19. The summed E-state index contributed by atoms with van der Waals surface area (Å²) in [5, 5.41) is 4.41. The molecule has 1 heterocycles. The van der Waals surface area contributed by atoms with Crippen molar-refractivity contribution in [3.8, 4) is 5.75 Å². The van der Waals surface area contributed by atoms with Crippen molar-refractivity contribution in [2.75, 3.05) is 13.2 Å². The van der Waals surface area contributed by atoms with Crippen LogP contribution >= 0.6 is 11.6 Å². The molecule has 2 nitrogen and oxygen atoms in total. The summed E-state index contributed by atoms with van der Waals surface area (Å²) in [6, 6.07) is 4.08. The lowest BCUT2D eigenvalue weighted by Crippen LogP contribution is -2.21. The van der Waals surface area contributed by atoms with E-state index in [9.17, 15) is 0 Å². The summed E-state index contributed by atoms with van der Waals surface area (Å²) < 4.78 is 5.75. The highest BCUT2D eigenvalue weighted by Crippen LogP contribution is 2.33. The standard InChI is InChI=1S/C18H26ClNO/c1-13-3-2-4-14(9-13)5-7-20-12-16-11-17(19)10-15-6-8-21-18(15)16/h10-11,13-14,20H,2-9,12H2,1H3. The van der Waals surface area contributed by atoms with Crippen molar-refractivity contribution in [3.05, 3.63) is 28.3 Å². The first-order valence-corrected chi connectivity index (χ1v) is 8.75. The molecule has 1 saturated carbocycles. The zero-order chi connectivity index (χ0) is 14.7. The highest BCUT2D eigenvalue weighted by molar-refractivity contribution is 6.30. The second-order valence-electron chi connectivity index (χ2n) is 6.75. The van der Waals surface area contributed by atoms with Crippen LogP contribution in [0.5, 0.6) is 5.75 Å². The monoisotopic (exact) mass is 307 g/mol. The van der Waals surface area contributed by atoms with Crippen LogP contribution in [0.25, 0.3) is 0 Å². The summed E-state index contributed by atoms with van der Waals surface area (Å²) in [6.45, 7) is 5.15. The number of nitrogens with one attached hydrogen (secondary N) is 1. The summed E-state index contributed by atoms with van der Waals surface area (Å²) in [5.74, 6) is 2.91. The van der Waals surface area contributed by atoms with Crippen molar-refractivity contribution < 1.29 is 4.74 Å². The predicted octanol–water partition coefficient (Wildman–Crippen LogP) is 4.58. The number of benzene rings is 1. The zero-order valence-electron chi connectivity index (χ0n) is 13.0. The van der Waals surface area contributed by atoms with E-state index in [1.165, 1.54) is 43.2 Å². The van der Waals surface area contributed by atoms with E-state index in [-0.39, 0.29) is 0 Å². The third-order valence-corrected chi connectivity index (χ3v) is 5.13. The molecule has 21 heavy (non-hydrogen) atoms. The fourth-order valence-corrected chi connectivity index (χ4v) is 4.09. The molecule has 0 aromatic heterocycles. The largest absolute Gasteiger partial charge is 0.493 e. The van der Waals surface area contributed by atoms with Crippen LogP contribution in [0.2, 0.25) is 5.02 Å². The van der Waals surface area contributed by atoms with Gasteiger partial charge < -0.3 is 10.1 Å². The molecular formula is C18H26ClNO. The van der Waals surface area contributed by atoms with Crippen LogP contribution in [0.4, 0.5) is 0 Å². The van der Waals surface area contributed by atoms with E-state index in [0.717, 1.165) is 48.7 Å². The van der Waals surface area contributed by atoms with Gasteiger partial charge in [0.15, 0.2) is 0 Å². The third kappa shape index (κ3) is 3.92. The van der Waals surface area contributed by atoms with E-state index < -0.39 is 0 Å². The van der Waals surface area contributed by atoms with Gasteiger partial charge in [0.2, 0.25) is 0 Å². The first kappa shape index (κ1) is 15.2. The smallest absolute Gasteiger partial charge is 0.127 e. The Bertz CT molecular complexity index is 488. The molecule has 0 spiro atoms. The molecule has 1 aliphatic heterocycles. The number of ether oxygens (including phenoxy) is 1. The van der Waals surface area contributed by atoms with Crippen molar-refractivity contribution in [1.29, 1.82) is 0 Å². The van der Waals surface area contributed by atoms with Crippen LogP contribution in [0.3, 0.4) is 0 Å². The summed E-state index contributed by atoms with van der Waals surface area (Å²) in [6.07, 6.45) is 7.97. The van der Waals surface area contributed by atoms with Crippen molar-refractivity contribution in [2.24, 2.45) is 11.8 Å². The van der Waals surface area contributed by atoms with Crippen molar-refractivity contribution in [1.82, 2.24) is 5.32 Å². The van der Waals surface area contributed by atoms with E-state index in [2.05, 4.69) is 12.2 Å². The molecule has 1 aromatic carbocycles. The Balaban J connectivity index is 1.47. The van der Waals surface area contributed by atoms with Gasteiger partial charge in [-0.05, 0) is 48.9 Å². The normalized spacial score (nSPS) is 24.7. The van der Waals surface area contributed by atoms with Crippen molar-refractivity contribution in [2.45, 2.75) is 52.0 Å². The van der Waals surface area contributed by atoms with Crippen LogP contribution in [0.1, 0.15) is 50.2 Å². The number of halogens is 1. The highest BCUT2D eigenvalue weighted by Gasteiger charge is 2.19. The molecule has 1 aromatic rings. The minimum Gasteiger partial charge on any atom is -0.493 e. The van der Waals surface area contributed by atoms with Gasteiger partial charge in [-0.15, -0.1) is 0 Å². The Morgan fingerprint density at radius 3 is 3.10 bits per heavy atom. The number of hydrogen-bond acceptors (Lipinski definition) is 2. The summed E-state index contributed by atoms with van der Waals surface area (Å²) >= 11 is 6.20. The molecule has 2 atom stereocenters. The maximum Gasteiger partial charge on any atom is 0.127 e. The molecule has 2 aliphatic rings. The van der Waals surface area contributed by atoms with E-state index in [0.29, 0.717) is 0 Å². The van der Waals surface area contributed by atoms with E-state index >= 15 is 0 Å². The fraction of sp³-hybridized carbons (Fsp3) is 0.667. The molecule has 3 rings (SSSR count). The van der Waals surface area contributed by atoms with Crippen LogP contribution in [0, 0.1) is 11.8 Å². The average molecular weight is 308 g/mol. The molecule has 0 saturated heterocycles. The maximum atomic E-state index is 6.20. The molecule has 116 valence electrons. The number of hydrogen-bond donors (Lipinski definition) is 1. The lowest BCUT2D eigenvalue weighted by Gasteiger charge is -2.26. The Morgan fingerprint density at radius 2 is 2.24 bits per heavy atom. The molecule has 1 aliphatic carbocycles. The summed E-state index contributed by atoms with van der Waals surface area (Å²) in [7, 11) is 0. The average Bonchev–Trinajstić information content (AvgIpc) is 2.91. The molecule has 1 N–H and O–H groups in total. The zero-order valence-corrected chi connectivity index (χ0v) is 13.7. The first-order chi connectivity index (χ1) is 10.2. The Kier molecular flexibility index (Phi) is 5.07. The highest BCUT2D eigenvalue weighted by atomic mass is 35.5. The predicted molar refractivity (Wildman–Crippen MR) is 88.1 cm³/mol. The summed E-state index contributed by atoms with van der Waals surface area (Å²) in [5.41, 5.74) is 2.48. The van der Waals surface area contributed by atoms with Gasteiger partial charge in [0.25, 0.3) is 0 Å². The molecule has 0 radical (unpaired) electrons. The van der Waals surface area contributed by atoms with Gasteiger partial charge >= 0.3 is 0 Å². The Morgan fingerprint density at radius 1 is 1.33 bits per heavy atom. The van der Waals surface area contributed by atoms with E-state index in [4.69, 9.17) is 16.3 Å². The molecule has 2 unspecified atom stereocenters. The Labute approximate surface area is 133 Å². The van der Waals surface area contributed by atoms with E-state index in [1.807, 2.05) is 12.1 Å². The van der Waals surface area contributed by atoms with Gasteiger partial charge in [-0.2, -0.15) is 0 Å². The van der Waals surface area contributed by atoms with Crippen LogP contribution in [-0.2, 0) is 13.0 Å². The molecule has 0 amide bonds. The minimum absolute atomic E-state index is 0.794. The fourth-order valence-electron chi connectivity index (χ4n) is 3.83. The van der Waals surface area contributed by atoms with Gasteiger partial charge in [-0.3, -0.25) is 0 Å². The second kappa shape index (κ2) is 7.02. The van der Waals surface area contributed by atoms with Gasteiger partial charge in [0.1, 0.15) is 5.75 Å². The molecule has 1 fully saturated rings. The van der Waals surface area contributed by atoms with Crippen molar-refractivity contribution >= 4 is 11.6 Å². The van der Waals surface area contributed by atoms with Gasteiger partial charge in [0, 0.05) is 23.6 Å².